The Hall–Kier alpha value is -3.88. The monoisotopic (exact) mass is 435 g/mol. The molecule has 0 saturated carbocycles. The molecule has 4 amide bonds. The van der Waals surface area contributed by atoms with Gasteiger partial charge >= 0.3 is 6.03 Å². The van der Waals surface area contributed by atoms with E-state index >= 15 is 0 Å². The molecule has 9 nitrogen and oxygen atoms in total. The Morgan fingerprint density at radius 2 is 1.88 bits per heavy atom. The summed E-state index contributed by atoms with van der Waals surface area (Å²) in [4.78, 5) is 43.3. The molecule has 2 aromatic carbocycles. The van der Waals surface area contributed by atoms with Crippen molar-refractivity contribution in [3.05, 3.63) is 54.4 Å². The summed E-state index contributed by atoms with van der Waals surface area (Å²) in [5, 5.41) is 5.41. The molecular formula is C23H25N5O4. The van der Waals surface area contributed by atoms with Gasteiger partial charge in [0.25, 0.3) is 5.91 Å². The summed E-state index contributed by atoms with van der Waals surface area (Å²) >= 11 is 0. The second kappa shape index (κ2) is 8.70. The lowest BCUT2D eigenvalue weighted by Gasteiger charge is -2.14. The molecule has 9 heteroatoms. The molecule has 0 bridgehead atoms. The first-order valence-corrected chi connectivity index (χ1v) is 10.4. The number of nitrogens with one attached hydrogen (secondary N) is 2. The highest BCUT2D eigenvalue weighted by Crippen LogP contribution is 2.24. The second-order valence-electron chi connectivity index (χ2n) is 7.84. The number of methoxy groups -OCH3 is 1. The highest BCUT2D eigenvalue weighted by Gasteiger charge is 2.40. The van der Waals surface area contributed by atoms with Crippen molar-refractivity contribution >= 4 is 34.6 Å². The fraction of sp³-hybridized carbons (Fsp3) is 0.304. The summed E-state index contributed by atoms with van der Waals surface area (Å²) in [7, 11) is 1.54. The molecule has 1 atom stereocenters. The summed E-state index contributed by atoms with van der Waals surface area (Å²) in [6, 6.07) is 13.1. The van der Waals surface area contributed by atoms with Gasteiger partial charge in [-0.3, -0.25) is 9.59 Å². The average molecular weight is 435 g/mol. The van der Waals surface area contributed by atoms with E-state index < -0.39 is 18.0 Å². The van der Waals surface area contributed by atoms with Gasteiger partial charge in [0.1, 0.15) is 17.6 Å². The fourth-order valence-corrected chi connectivity index (χ4v) is 3.88. The number of amides is 4. The van der Waals surface area contributed by atoms with Gasteiger partial charge in [-0.15, -0.1) is 0 Å². The standard InChI is InChI=1S/C23H25N5O4/c1-14(2)27-19-7-5-4-6-17(19)25-20(27)13-24-21(29)12-18-22(30)28(23(31)26-18)15-8-10-16(32-3)11-9-15/h4-11,14,18H,12-13H2,1-3H3,(H,24,29)(H,26,31)/t18-/m0/s1. The van der Waals surface area contributed by atoms with E-state index in [1.54, 1.807) is 24.3 Å². The number of anilines is 1. The molecule has 0 unspecified atom stereocenters. The molecule has 4 rings (SSSR count). The smallest absolute Gasteiger partial charge is 0.329 e. The minimum atomic E-state index is -0.923. The van der Waals surface area contributed by atoms with Gasteiger partial charge in [-0.25, -0.2) is 14.7 Å². The van der Waals surface area contributed by atoms with Crippen molar-refractivity contribution in [3.63, 3.8) is 0 Å². The molecule has 3 aromatic rings. The highest BCUT2D eigenvalue weighted by molar-refractivity contribution is 6.22. The van der Waals surface area contributed by atoms with Crippen molar-refractivity contribution in [2.75, 3.05) is 12.0 Å². The van der Waals surface area contributed by atoms with Crippen molar-refractivity contribution in [3.8, 4) is 5.75 Å². The van der Waals surface area contributed by atoms with Crippen LogP contribution in [0.4, 0.5) is 10.5 Å². The minimum Gasteiger partial charge on any atom is -0.497 e. The summed E-state index contributed by atoms with van der Waals surface area (Å²) < 4.78 is 7.17. The predicted octanol–water partition coefficient (Wildman–Crippen LogP) is 2.76. The molecular weight excluding hydrogens is 410 g/mol. The quantitative estimate of drug-likeness (QED) is 0.555. The number of hydrogen-bond donors (Lipinski definition) is 2. The maximum Gasteiger partial charge on any atom is 0.329 e. The second-order valence-corrected chi connectivity index (χ2v) is 7.84. The molecule has 0 aliphatic carbocycles. The van der Waals surface area contributed by atoms with Crippen LogP contribution in [0.5, 0.6) is 5.75 Å². The van der Waals surface area contributed by atoms with Crippen LogP contribution in [0.3, 0.4) is 0 Å². The maximum atomic E-state index is 12.8. The van der Waals surface area contributed by atoms with Gasteiger partial charge in [0.15, 0.2) is 0 Å². The Balaban J connectivity index is 1.41. The van der Waals surface area contributed by atoms with Crippen LogP contribution in [-0.4, -0.2) is 40.5 Å². The van der Waals surface area contributed by atoms with Crippen LogP contribution >= 0.6 is 0 Å². The first-order valence-electron chi connectivity index (χ1n) is 10.4. The van der Waals surface area contributed by atoms with E-state index in [-0.39, 0.29) is 24.9 Å². The lowest BCUT2D eigenvalue weighted by Crippen LogP contribution is -2.36. The van der Waals surface area contributed by atoms with Gasteiger partial charge in [-0.05, 0) is 50.2 Å². The number of carbonyl (C=O) groups excluding carboxylic acids is 3. The third kappa shape index (κ3) is 4.01. The number of fused-ring (bicyclic) bond motifs is 1. The number of urea groups is 1. The van der Waals surface area contributed by atoms with Crippen molar-refractivity contribution in [2.45, 2.75) is 38.9 Å². The van der Waals surface area contributed by atoms with Crippen molar-refractivity contribution in [2.24, 2.45) is 0 Å². The van der Waals surface area contributed by atoms with Crippen LogP contribution in [0, 0.1) is 0 Å². The Labute approximate surface area is 185 Å². The third-order valence-electron chi connectivity index (χ3n) is 5.37. The number of hydrogen-bond acceptors (Lipinski definition) is 5. The summed E-state index contributed by atoms with van der Waals surface area (Å²) in [6.07, 6.45) is -0.154. The first-order chi connectivity index (χ1) is 15.4. The summed E-state index contributed by atoms with van der Waals surface area (Å²) in [6.45, 7) is 4.34. The van der Waals surface area contributed by atoms with Crippen LogP contribution in [0.25, 0.3) is 11.0 Å². The molecule has 1 aliphatic heterocycles. The lowest BCUT2D eigenvalue weighted by molar-refractivity contribution is -0.125. The SMILES string of the molecule is COc1ccc(N2C(=O)N[C@@H](CC(=O)NCc3nc4ccccc4n3C(C)C)C2=O)cc1. The number of imidazole rings is 1. The zero-order valence-electron chi connectivity index (χ0n) is 18.2. The van der Waals surface area contributed by atoms with Gasteiger partial charge in [0.2, 0.25) is 5.91 Å². The number of nitrogens with zero attached hydrogens (tertiary/aromatic N) is 3. The predicted molar refractivity (Wildman–Crippen MR) is 119 cm³/mol. The molecule has 2 heterocycles. The number of aromatic nitrogens is 2. The van der Waals surface area contributed by atoms with Gasteiger partial charge < -0.3 is 19.9 Å². The number of benzene rings is 2. The van der Waals surface area contributed by atoms with E-state index in [1.165, 1.54) is 7.11 Å². The summed E-state index contributed by atoms with van der Waals surface area (Å²) in [5.41, 5.74) is 2.28. The van der Waals surface area contributed by atoms with Crippen LogP contribution < -0.4 is 20.3 Å². The van der Waals surface area contributed by atoms with Gasteiger partial charge in [0, 0.05) is 6.04 Å². The molecule has 1 aromatic heterocycles. The van der Waals surface area contributed by atoms with Crippen LogP contribution in [-0.2, 0) is 16.1 Å². The Morgan fingerprint density at radius 3 is 2.56 bits per heavy atom. The number of imide groups is 1. The van der Waals surface area contributed by atoms with Crippen LogP contribution in [0.2, 0.25) is 0 Å². The van der Waals surface area contributed by atoms with E-state index in [4.69, 9.17) is 4.74 Å². The van der Waals surface area contributed by atoms with Gasteiger partial charge in [-0.1, -0.05) is 12.1 Å². The Morgan fingerprint density at radius 1 is 1.16 bits per heavy atom. The molecule has 1 aliphatic rings. The number of para-hydroxylation sites is 2. The zero-order chi connectivity index (χ0) is 22.8. The van der Waals surface area contributed by atoms with E-state index in [0.29, 0.717) is 11.4 Å². The zero-order valence-corrected chi connectivity index (χ0v) is 18.2. The largest absolute Gasteiger partial charge is 0.497 e. The molecule has 32 heavy (non-hydrogen) atoms. The van der Waals surface area contributed by atoms with Crippen molar-refractivity contribution in [1.29, 1.82) is 0 Å². The Bertz CT molecular complexity index is 1170. The lowest BCUT2D eigenvalue weighted by atomic mass is 10.2. The number of ether oxygens (including phenoxy) is 1. The third-order valence-corrected chi connectivity index (χ3v) is 5.37. The molecule has 0 radical (unpaired) electrons. The van der Waals surface area contributed by atoms with E-state index in [9.17, 15) is 14.4 Å². The summed E-state index contributed by atoms with van der Waals surface area (Å²) in [5.74, 6) is 0.535. The van der Waals surface area contributed by atoms with Crippen molar-refractivity contribution < 1.29 is 19.1 Å². The molecule has 0 spiro atoms. The molecule has 2 N–H and O–H groups in total. The van der Waals surface area contributed by atoms with E-state index in [1.807, 2.05) is 24.3 Å². The van der Waals surface area contributed by atoms with Crippen molar-refractivity contribution in [1.82, 2.24) is 20.2 Å². The van der Waals surface area contributed by atoms with Gasteiger partial charge in [-0.2, -0.15) is 0 Å². The van der Waals surface area contributed by atoms with E-state index in [0.717, 1.165) is 21.8 Å². The minimum absolute atomic E-state index is 0.154. The Kier molecular flexibility index (Phi) is 5.81. The average Bonchev–Trinajstić information content (AvgIpc) is 3.29. The van der Waals surface area contributed by atoms with E-state index in [2.05, 4.69) is 34.0 Å². The molecule has 1 saturated heterocycles. The number of carbonyl (C=O) groups is 3. The highest BCUT2D eigenvalue weighted by atomic mass is 16.5. The normalized spacial score (nSPS) is 16.0. The molecule has 166 valence electrons. The van der Waals surface area contributed by atoms with Crippen LogP contribution in [0.1, 0.15) is 32.1 Å². The maximum absolute atomic E-state index is 12.8. The topological polar surface area (TPSA) is 106 Å². The first kappa shape index (κ1) is 21.4. The fourth-order valence-electron chi connectivity index (χ4n) is 3.88. The molecule has 1 fully saturated rings. The number of rotatable bonds is 7. The van der Waals surface area contributed by atoms with Crippen LogP contribution in [0.15, 0.2) is 48.5 Å². The van der Waals surface area contributed by atoms with Gasteiger partial charge in [0.05, 0.1) is 36.8 Å².